The third kappa shape index (κ3) is 2.53. The third-order valence-electron chi connectivity index (χ3n) is 2.24. The Labute approximate surface area is 94.4 Å². The molecular weight excluding hydrogens is 202 g/mol. The van der Waals surface area contributed by atoms with Crippen molar-refractivity contribution in [1.82, 2.24) is 5.16 Å². The van der Waals surface area contributed by atoms with Gasteiger partial charge in [-0.1, -0.05) is 5.16 Å². The first kappa shape index (κ1) is 10.5. The van der Waals surface area contributed by atoms with Gasteiger partial charge < -0.3 is 15.6 Å². The van der Waals surface area contributed by atoms with Crippen molar-refractivity contribution in [1.29, 1.82) is 0 Å². The van der Waals surface area contributed by atoms with E-state index < -0.39 is 0 Å². The average molecular weight is 217 g/mol. The van der Waals surface area contributed by atoms with Crippen LogP contribution in [0.4, 0.5) is 11.4 Å². The molecule has 4 nitrogen and oxygen atoms in total. The fourth-order valence-corrected chi connectivity index (χ4v) is 1.60. The van der Waals surface area contributed by atoms with Gasteiger partial charge in [0.1, 0.15) is 0 Å². The standard InChI is InChI=1S/C12H15N3O/c1-8-3-10(13)6-11(4-8)14-7-12-5-9(2)15-16-12/h3-6,14H,7,13H2,1-2H3. The van der Waals surface area contributed by atoms with Crippen LogP contribution in [0.25, 0.3) is 0 Å². The molecule has 0 saturated carbocycles. The molecule has 2 rings (SSSR count). The summed E-state index contributed by atoms with van der Waals surface area (Å²) in [7, 11) is 0. The zero-order valence-electron chi connectivity index (χ0n) is 9.45. The number of nitrogens with one attached hydrogen (secondary N) is 1. The molecule has 2 aromatic rings. The number of nitrogens with zero attached hydrogens (tertiary/aromatic N) is 1. The zero-order chi connectivity index (χ0) is 11.5. The first-order valence-electron chi connectivity index (χ1n) is 5.17. The van der Waals surface area contributed by atoms with Gasteiger partial charge in [0.05, 0.1) is 12.2 Å². The van der Waals surface area contributed by atoms with Crippen molar-refractivity contribution < 1.29 is 4.52 Å². The Morgan fingerprint density at radius 2 is 2.06 bits per heavy atom. The SMILES string of the molecule is Cc1cc(N)cc(NCc2cc(C)no2)c1. The molecule has 1 aromatic heterocycles. The topological polar surface area (TPSA) is 64.1 Å². The lowest BCUT2D eigenvalue weighted by Gasteiger charge is -2.06. The summed E-state index contributed by atoms with van der Waals surface area (Å²) >= 11 is 0. The molecule has 0 bridgehead atoms. The highest BCUT2D eigenvalue weighted by atomic mass is 16.5. The second-order valence-electron chi connectivity index (χ2n) is 3.92. The monoisotopic (exact) mass is 217 g/mol. The van der Waals surface area contributed by atoms with Crippen LogP contribution in [0.3, 0.4) is 0 Å². The lowest BCUT2D eigenvalue weighted by Crippen LogP contribution is -1.99. The third-order valence-corrected chi connectivity index (χ3v) is 2.24. The summed E-state index contributed by atoms with van der Waals surface area (Å²) in [4.78, 5) is 0. The van der Waals surface area contributed by atoms with Crippen LogP contribution in [-0.4, -0.2) is 5.16 Å². The molecule has 0 saturated heterocycles. The number of nitrogen functional groups attached to an aromatic ring is 1. The molecule has 0 atom stereocenters. The zero-order valence-corrected chi connectivity index (χ0v) is 9.45. The molecule has 0 radical (unpaired) electrons. The minimum Gasteiger partial charge on any atom is -0.399 e. The lowest BCUT2D eigenvalue weighted by atomic mass is 10.2. The summed E-state index contributed by atoms with van der Waals surface area (Å²) in [5, 5.41) is 7.07. The van der Waals surface area contributed by atoms with E-state index in [2.05, 4.69) is 10.5 Å². The number of hydrogen-bond donors (Lipinski definition) is 2. The molecule has 1 aromatic carbocycles. The van der Waals surface area contributed by atoms with Crippen LogP contribution in [0, 0.1) is 13.8 Å². The van der Waals surface area contributed by atoms with Crippen LogP contribution in [0.2, 0.25) is 0 Å². The van der Waals surface area contributed by atoms with E-state index in [1.54, 1.807) is 0 Å². The van der Waals surface area contributed by atoms with Gasteiger partial charge in [-0.15, -0.1) is 0 Å². The van der Waals surface area contributed by atoms with Crippen molar-refractivity contribution >= 4 is 11.4 Å². The van der Waals surface area contributed by atoms with E-state index in [9.17, 15) is 0 Å². The van der Waals surface area contributed by atoms with Crippen LogP contribution in [0.5, 0.6) is 0 Å². The predicted molar refractivity (Wildman–Crippen MR) is 64.2 cm³/mol. The first-order chi connectivity index (χ1) is 7.63. The summed E-state index contributed by atoms with van der Waals surface area (Å²) < 4.78 is 5.10. The van der Waals surface area contributed by atoms with E-state index in [1.807, 2.05) is 38.1 Å². The Kier molecular flexibility index (Phi) is 2.81. The van der Waals surface area contributed by atoms with Gasteiger partial charge in [-0.3, -0.25) is 0 Å². The maximum atomic E-state index is 5.76. The highest BCUT2D eigenvalue weighted by Gasteiger charge is 2.01. The van der Waals surface area contributed by atoms with Gasteiger partial charge in [0.25, 0.3) is 0 Å². The van der Waals surface area contributed by atoms with E-state index in [-0.39, 0.29) is 0 Å². The maximum absolute atomic E-state index is 5.76. The van der Waals surface area contributed by atoms with Gasteiger partial charge in [-0.2, -0.15) is 0 Å². The fourth-order valence-electron chi connectivity index (χ4n) is 1.60. The van der Waals surface area contributed by atoms with E-state index in [1.165, 1.54) is 0 Å². The quantitative estimate of drug-likeness (QED) is 0.775. The molecule has 0 aliphatic rings. The second kappa shape index (κ2) is 4.26. The largest absolute Gasteiger partial charge is 0.399 e. The van der Waals surface area contributed by atoms with E-state index in [0.29, 0.717) is 6.54 Å². The molecule has 16 heavy (non-hydrogen) atoms. The van der Waals surface area contributed by atoms with Gasteiger partial charge >= 0.3 is 0 Å². The number of aromatic nitrogens is 1. The summed E-state index contributed by atoms with van der Waals surface area (Å²) in [6, 6.07) is 7.78. The van der Waals surface area contributed by atoms with Crippen molar-refractivity contribution in [2.75, 3.05) is 11.1 Å². The van der Waals surface area contributed by atoms with Crippen molar-refractivity contribution in [3.63, 3.8) is 0 Å². The molecule has 0 unspecified atom stereocenters. The number of hydrogen-bond acceptors (Lipinski definition) is 4. The summed E-state index contributed by atoms with van der Waals surface area (Å²) in [6.45, 7) is 4.53. The van der Waals surface area contributed by atoms with E-state index in [4.69, 9.17) is 10.3 Å². The van der Waals surface area contributed by atoms with Crippen LogP contribution < -0.4 is 11.1 Å². The molecule has 1 heterocycles. The Balaban J connectivity index is 2.04. The first-order valence-corrected chi connectivity index (χ1v) is 5.17. The summed E-state index contributed by atoms with van der Waals surface area (Å²) in [5.74, 6) is 0.817. The minimum absolute atomic E-state index is 0.615. The number of anilines is 2. The highest BCUT2D eigenvalue weighted by Crippen LogP contribution is 2.16. The van der Waals surface area contributed by atoms with E-state index >= 15 is 0 Å². The van der Waals surface area contributed by atoms with Crippen LogP contribution in [-0.2, 0) is 6.54 Å². The Bertz CT molecular complexity index is 471. The fraction of sp³-hybridized carbons (Fsp3) is 0.250. The smallest absolute Gasteiger partial charge is 0.156 e. The van der Waals surface area contributed by atoms with Gasteiger partial charge in [0, 0.05) is 17.4 Å². The molecular formula is C12H15N3O. The number of benzene rings is 1. The van der Waals surface area contributed by atoms with Gasteiger partial charge in [0.15, 0.2) is 5.76 Å². The summed E-state index contributed by atoms with van der Waals surface area (Å²) in [5.41, 5.74) is 9.53. The number of rotatable bonds is 3. The van der Waals surface area contributed by atoms with Crippen molar-refractivity contribution in [2.45, 2.75) is 20.4 Å². The predicted octanol–water partition coefficient (Wildman–Crippen LogP) is 2.49. The highest BCUT2D eigenvalue weighted by molar-refractivity contribution is 5.56. The second-order valence-corrected chi connectivity index (χ2v) is 3.92. The lowest BCUT2D eigenvalue weighted by molar-refractivity contribution is 0.384. The molecule has 0 aliphatic heterocycles. The van der Waals surface area contributed by atoms with Crippen LogP contribution in [0.15, 0.2) is 28.8 Å². The van der Waals surface area contributed by atoms with Gasteiger partial charge in [-0.25, -0.2) is 0 Å². The number of nitrogens with two attached hydrogens (primary N) is 1. The molecule has 0 amide bonds. The summed E-state index contributed by atoms with van der Waals surface area (Å²) in [6.07, 6.45) is 0. The van der Waals surface area contributed by atoms with Crippen molar-refractivity contribution in [3.8, 4) is 0 Å². The molecule has 84 valence electrons. The van der Waals surface area contributed by atoms with Gasteiger partial charge in [-0.05, 0) is 37.6 Å². The van der Waals surface area contributed by atoms with Crippen molar-refractivity contribution in [2.24, 2.45) is 0 Å². The van der Waals surface area contributed by atoms with Gasteiger partial charge in [0.2, 0.25) is 0 Å². The van der Waals surface area contributed by atoms with Crippen LogP contribution >= 0.6 is 0 Å². The normalized spacial score (nSPS) is 10.4. The molecule has 0 spiro atoms. The number of aryl methyl sites for hydroxylation is 2. The Hall–Kier alpha value is -1.97. The molecule has 3 N–H and O–H groups in total. The maximum Gasteiger partial charge on any atom is 0.156 e. The minimum atomic E-state index is 0.615. The Morgan fingerprint density at radius 3 is 2.69 bits per heavy atom. The van der Waals surface area contributed by atoms with E-state index in [0.717, 1.165) is 28.4 Å². The molecule has 0 fully saturated rings. The van der Waals surface area contributed by atoms with Crippen molar-refractivity contribution in [3.05, 3.63) is 41.3 Å². The van der Waals surface area contributed by atoms with Crippen LogP contribution in [0.1, 0.15) is 17.0 Å². The molecule has 4 heteroatoms. The molecule has 0 aliphatic carbocycles. The Morgan fingerprint density at radius 1 is 1.25 bits per heavy atom. The average Bonchev–Trinajstić information content (AvgIpc) is 2.60.